The molecule has 1 amide bonds. The molecule has 0 fully saturated rings. The maximum atomic E-state index is 13.5. The fourth-order valence-electron chi connectivity index (χ4n) is 1.43. The third kappa shape index (κ3) is 2.13. The molecule has 0 aliphatic heterocycles. The molecule has 0 saturated heterocycles. The van der Waals surface area contributed by atoms with Crippen LogP contribution in [0.1, 0.15) is 15.9 Å². The average molecular weight is 234 g/mol. The van der Waals surface area contributed by atoms with E-state index in [9.17, 15) is 9.18 Å². The van der Waals surface area contributed by atoms with E-state index in [1.54, 1.807) is 6.92 Å². The number of nitrogen functional groups attached to an aromatic ring is 1. The molecule has 1 aromatic carbocycles. The second kappa shape index (κ2) is 4.29. The Kier molecular flexibility index (Phi) is 2.82. The van der Waals surface area contributed by atoms with E-state index in [2.05, 4.69) is 5.32 Å². The zero-order valence-electron chi connectivity index (χ0n) is 9.16. The van der Waals surface area contributed by atoms with Crippen molar-refractivity contribution in [3.63, 3.8) is 0 Å². The summed E-state index contributed by atoms with van der Waals surface area (Å²) in [7, 11) is 0. The van der Waals surface area contributed by atoms with Crippen LogP contribution in [0.2, 0.25) is 0 Å². The van der Waals surface area contributed by atoms with Crippen LogP contribution in [0.3, 0.4) is 0 Å². The molecule has 0 spiro atoms. The van der Waals surface area contributed by atoms with Gasteiger partial charge in [0.05, 0.1) is 17.5 Å². The summed E-state index contributed by atoms with van der Waals surface area (Å²) in [5.74, 6) is -0.958. The molecule has 0 bridgehead atoms. The molecule has 0 saturated carbocycles. The normalized spacial score (nSPS) is 10.2. The van der Waals surface area contributed by atoms with Crippen LogP contribution in [0.5, 0.6) is 0 Å². The molecule has 17 heavy (non-hydrogen) atoms. The Balaban J connectivity index is 2.31. The Morgan fingerprint density at radius 2 is 2.18 bits per heavy atom. The first-order valence-corrected chi connectivity index (χ1v) is 4.97. The molecular formula is C12H11FN2O2. The molecule has 0 unspecified atom stereocenters. The second-order valence-electron chi connectivity index (χ2n) is 3.60. The third-order valence-corrected chi connectivity index (χ3v) is 2.48. The fraction of sp³-hybridized carbons (Fsp3) is 0.0833. The van der Waals surface area contributed by atoms with Gasteiger partial charge in [-0.25, -0.2) is 4.39 Å². The molecule has 4 nitrogen and oxygen atoms in total. The van der Waals surface area contributed by atoms with Crippen molar-refractivity contribution in [3.8, 4) is 0 Å². The number of benzene rings is 1. The Hall–Kier alpha value is -2.30. The van der Waals surface area contributed by atoms with E-state index in [0.717, 1.165) is 0 Å². The number of carbonyl (C=O) groups excluding carboxylic acids is 1. The van der Waals surface area contributed by atoms with Gasteiger partial charge in [0.2, 0.25) is 0 Å². The second-order valence-corrected chi connectivity index (χ2v) is 3.60. The van der Waals surface area contributed by atoms with E-state index < -0.39 is 11.7 Å². The number of anilines is 2. The highest BCUT2D eigenvalue weighted by Crippen LogP contribution is 2.25. The van der Waals surface area contributed by atoms with Crippen molar-refractivity contribution in [3.05, 3.63) is 47.7 Å². The number of carbonyl (C=O) groups is 1. The van der Waals surface area contributed by atoms with Crippen molar-refractivity contribution in [2.45, 2.75) is 6.92 Å². The smallest absolute Gasteiger partial charge is 0.259 e. The minimum Gasteiger partial charge on any atom is -0.472 e. The largest absolute Gasteiger partial charge is 0.472 e. The molecule has 5 heteroatoms. The first-order chi connectivity index (χ1) is 8.09. The topological polar surface area (TPSA) is 68.3 Å². The highest BCUT2D eigenvalue weighted by molar-refractivity contribution is 6.04. The summed E-state index contributed by atoms with van der Waals surface area (Å²) in [6, 6.07) is 4.17. The molecule has 0 aliphatic rings. The maximum absolute atomic E-state index is 13.5. The summed E-state index contributed by atoms with van der Waals surface area (Å²) in [6.07, 6.45) is 2.66. The van der Waals surface area contributed by atoms with Gasteiger partial charge in [-0.3, -0.25) is 4.79 Å². The summed E-state index contributed by atoms with van der Waals surface area (Å²) < 4.78 is 18.3. The predicted octanol–water partition coefficient (Wildman–Crippen LogP) is 2.56. The quantitative estimate of drug-likeness (QED) is 0.784. The zero-order chi connectivity index (χ0) is 12.4. The lowest BCUT2D eigenvalue weighted by Crippen LogP contribution is -2.13. The lowest BCUT2D eigenvalue weighted by atomic mass is 10.1. The molecule has 1 heterocycles. The molecule has 2 rings (SSSR count). The van der Waals surface area contributed by atoms with Gasteiger partial charge in [-0.2, -0.15) is 0 Å². The molecule has 2 aromatic rings. The van der Waals surface area contributed by atoms with E-state index in [-0.39, 0.29) is 5.69 Å². The van der Waals surface area contributed by atoms with Gasteiger partial charge in [0, 0.05) is 5.69 Å². The molecule has 0 radical (unpaired) electrons. The number of rotatable bonds is 2. The van der Waals surface area contributed by atoms with E-state index in [4.69, 9.17) is 10.2 Å². The van der Waals surface area contributed by atoms with Crippen molar-refractivity contribution in [1.29, 1.82) is 0 Å². The van der Waals surface area contributed by atoms with Crippen LogP contribution in [0, 0.1) is 12.7 Å². The van der Waals surface area contributed by atoms with Gasteiger partial charge in [0.15, 0.2) is 0 Å². The number of hydrogen-bond acceptors (Lipinski definition) is 3. The highest BCUT2D eigenvalue weighted by atomic mass is 19.1. The third-order valence-electron chi connectivity index (χ3n) is 2.48. The van der Waals surface area contributed by atoms with Gasteiger partial charge in [-0.05, 0) is 30.7 Å². The first-order valence-electron chi connectivity index (χ1n) is 4.97. The van der Waals surface area contributed by atoms with Gasteiger partial charge in [-0.1, -0.05) is 0 Å². The van der Waals surface area contributed by atoms with Crippen LogP contribution in [-0.2, 0) is 0 Å². The SMILES string of the molecule is Cc1c(N)ccc(F)c1NC(=O)c1ccoc1. The summed E-state index contributed by atoms with van der Waals surface area (Å²) in [6.45, 7) is 1.64. The van der Waals surface area contributed by atoms with E-state index >= 15 is 0 Å². The van der Waals surface area contributed by atoms with Crippen LogP contribution < -0.4 is 11.1 Å². The molecular weight excluding hydrogens is 223 g/mol. The minimum absolute atomic E-state index is 0.0937. The summed E-state index contributed by atoms with van der Waals surface area (Å²) in [4.78, 5) is 11.7. The van der Waals surface area contributed by atoms with E-state index in [1.807, 2.05) is 0 Å². The number of amides is 1. The van der Waals surface area contributed by atoms with Crippen LogP contribution in [0.4, 0.5) is 15.8 Å². The molecule has 3 N–H and O–H groups in total. The Bertz CT molecular complexity index is 550. The summed E-state index contributed by atoms with van der Waals surface area (Å²) in [5.41, 5.74) is 6.99. The minimum atomic E-state index is -0.520. The summed E-state index contributed by atoms with van der Waals surface area (Å²) >= 11 is 0. The highest BCUT2D eigenvalue weighted by Gasteiger charge is 2.13. The van der Waals surface area contributed by atoms with Crippen molar-refractivity contribution in [2.75, 3.05) is 11.1 Å². The lowest BCUT2D eigenvalue weighted by molar-refractivity contribution is 0.102. The van der Waals surface area contributed by atoms with Gasteiger partial charge in [0.1, 0.15) is 12.1 Å². The summed E-state index contributed by atoms with van der Waals surface area (Å²) in [5, 5.41) is 2.47. The van der Waals surface area contributed by atoms with Crippen molar-refractivity contribution in [2.24, 2.45) is 0 Å². The van der Waals surface area contributed by atoms with Crippen LogP contribution in [0.15, 0.2) is 35.1 Å². The Labute approximate surface area is 97.2 Å². The van der Waals surface area contributed by atoms with E-state index in [0.29, 0.717) is 16.8 Å². The molecule has 88 valence electrons. The molecule has 1 aromatic heterocycles. The monoisotopic (exact) mass is 234 g/mol. The lowest BCUT2D eigenvalue weighted by Gasteiger charge is -2.10. The van der Waals surface area contributed by atoms with Crippen molar-refractivity contribution in [1.82, 2.24) is 0 Å². The van der Waals surface area contributed by atoms with E-state index in [1.165, 1.54) is 30.7 Å². The predicted molar refractivity (Wildman–Crippen MR) is 62.2 cm³/mol. The van der Waals surface area contributed by atoms with Crippen molar-refractivity contribution < 1.29 is 13.6 Å². The maximum Gasteiger partial charge on any atom is 0.259 e. The van der Waals surface area contributed by atoms with Gasteiger partial charge in [-0.15, -0.1) is 0 Å². The number of nitrogens with one attached hydrogen (secondary N) is 1. The molecule has 0 aliphatic carbocycles. The molecule has 0 atom stereocenters. The number of furan rings is 1. The standard InChI is InChI=1S/C12H11FN2O2/c1-7-10(14)3-2-9(13)11(7)15-12(16)8-4-5-17-6-8/h2-6H,14H2,1H3,(H,15,16). The van der Waals surface area contributed by atoms with Crippen molar-refractivity contribution >= 4 is 17.3 Å². The van der Waals surface area contributed by atoms with Crippen LogP contribution >= 0.6 is 0 Å². The zero-order valence-corrected chi connectivity index (χ0v) is 9.16. The van der Waals surface area contributed by atoms with Gasteiger partial charge < -0.3 is 15.5 Å². The van der Waals surface area contributed by atoms with Crippen LogP contribution in [0.25, 0.3) is 0 Å². The fourth-order valence-corrected chi connectivity index (χ4v) is 1.43. The van der Waals surface area contributed by atoms with Gasteiger partial charge >= 0.3 is 0 Å². The number of hydrogen-bond donors (Lipinski definition) is 2. The number of halogens is 1. The Morgan fingerprint density at radius 1 is 1.41 bits per heavy atom. The number of nitrogens with two attached hydrogens (primary N) is 1. The average Bonchev–Trinajstić information content (AvgIpc) is 2.83. The van der Waals surface area contributed by atoms with Crippen LogP contribution in [-0.4, -0.2) is 5.91 Å². The van der Waals surface area contributed by atoms with Gasteiger partial charge in [0.25, 0.3) is 5.91 Å². The first kappa shape index (κ1) is 11.2. The Morgan fingerprint density at radius 3 is 2.82 bits per heavy atom.